The van der Waals surface area contributed by atoms with Crippen LogP contribution in [0.1, 0.15) is 25.3 Å². The standard InChI is InChI=1S/C14H23N3O/c1-3-17(13-7-5-8-15-10-13)11-12-6-4-9-16-14(12)18-2/h4,6,9,13,15H,3,5,7-8,10-11H2,1-2H3. The summed E-state index contributed by atoms with van der Waals surface area (Å²) >= 11 is 0. The summed E-state index contributed by atoms with van der Waals surface area (Å²) in [6.45, 7) is 6.45. The highest BCUT2D eigenvalue weighted by atomic mass is 16.5. The van der Waals surface area contributed by atoms with Gasteiger partial charge in [-0.15, -0.1) is 0 Å². The zero-order valence-electron chi connectivity index (χ0n) is 11.4. The number of piperidine rings is 1. The fraction of sp³-hybridized carbons (Fsp3) is 0.643. The minimum atomic E-state index is 0.633. The first-order chi connectivity index (χ1) is 8.85. The van der Waals surface area contributed by atoms with Gasteiger partial charge in [0.2, 0.25) is 5.88 Å². The molecule has 0 saturated carbocycles. The first-order valence-corrected chi connectivity index (χ1v) is 6.77. The summed E-state index contributed by atoms with van der Waals surface area (Å²) in [6.07, 6.45) is 4.33. The Balaban J connectivity index is 2.04. The summed E-state index contributed by atoms with van der Waals surface area (Å²) in [4.78, 5) is 6.77. The van der Waals surface area contributed by atoms with Crippen LogP contribution in [0.15, 0.2) is 18.3 Å². The third-order valence-electron chi connectivity index (χ3n) is 3.61. The van der Waals surface area contributed by atoms with Gasteiger partial charge in [-0.25, -0.2) is 4.98 Å². The van der Waals surface area contributed by atoms with Crippen molar-refractivity contribution in [1.29, 1.82) is 0 Å². The third kappa shape index (κ3) is 3.21. The average molecular weight is 249 g/mol. The van der Waals surface area contributed by atoms with E-state index in [-0.39, 0.29) is 0 Å². The molecule has 1 unspecified atom stereocenters. The summed E-state index contributed by atoms with van der Waals surface area (Å²) in [5, 5.41) is 3.48. The minimum absolute atomic E-state index is 0.633. The maximum atomic E-state index is 5.32. The molecule has 18 heavy (non-hydrogen) atoms. The van der Waals surface area contributed by atoms with Gasteiger partial charge in [0.15, 0.2) is 0 Å². The molecule has 1 N–H and O–H groups in total. The van der Waals surface area contributed by atoms with E-state index >= 15 is 0 Å². The van der Waals surface area contributed by atoms with Gasteiger partial charge >= 0.3 is 0 Å². The lowest BCUT2D eigenvalue weighted by molar-refractivity contribution is 0.164. The van der Waals surface area contributed by atoms with E-state index in [0.29, 0.717) is 6.04 Å². The maximum absolute atomic E-state index is 5.32. The highest BCUT2D eigenvalue weighted by Crippen LogP contribution is 2.19. The predicted octanol–water partition coefficient (Wildman–Crippen LogP) is 1.66. The molecule has 2 rings (SSSR count). The molecule has 1 aromatic heterocycles. The lowest BCUT2D eigenvalue weighted by atomic mass is 10.1. The summed E-state index contributed by atoms with van der Waals surface area (Å²) in [5.41, 5.74) is 1.17. The van der Waals surface area contributed by atoms with Crippen LogP contribution in [-0.4, -0.2) is 42.7 Å². The number of aromatic nitrogens is 1. The van der Waals surface area contributed by atoms with E-state index in [1.165, 1.54) is 18.4 Å². The molecular weight excluding hydrogens is 226 g/mol. The zero-order valence-corrected chi connectivity index (χ0v) is 11.4. The van der Waals surface area contributed by atoms with Gasteiger partial charge in [-0.05, 0) is 32.0 Å². The van der Waals surface area contributed by atoms with Gasteiger partial charge in [0.05, 0.1) is 7.11 Å². The third-order valence-corrected chi connectivity index (χ3v) is 3.61. The van der Waals surface area contributed by atoms with Crippen molar-refractivity contribution in [2.75, 3.05) is 26.7 Å². The molecule has 100 valence electrons. The van der Waals surface area contributed by atoms with Crippen LogP contribution in [0.3, 0.4) is 0 Å². The molecule has 4 heteroatoms. The largest absolute Gasteiger partial charge is 0.481 e. The lowest BCUT2D eigenvalue weighted by Gasteiger charge is -2.34. The van der Waals surface area contributed by atoms with E-state index in [9.17, 15) is 0 Å². The van der Waals surface area contributed by atoms with Gasteiger partial charge in [0.1, 0.15) is 0 Å². The minimum Gasteiger partial charge on any atom is -0.481 e. The molecule has 0 aromatic carbocycles. The topological polar surface area (TPSA) is 37.4 Å². The Kier molecular flexibility index (Phi) is 4.96. The van der Waals surface area contributed by atoms with Crippen molar-refractivity contribution in [3.05, 3.63) is 23.9 Å². The van der Waals surface area contributed by atoms with Crippen molar-refractivity contribution in [2.24, 2.45) is 0 Å². The number of hydrogen-bond acceptors (Lipinski definition) is 4. The Labute approximate surface area is 109 Å². The van der Waals surface area contributed by atoms with E-state index in [0.717, 1.165) is 32.1 Å². The number of likely N-dealkylation sites (N-methyl/N-ethyl adjacent to an activating group) is 1. The van der Waals surface area contributed by atoms with Gasteiger partial charge in [0.25, 0.3) is 0 Å². The van der Waals surface area contributed by atoms with Crippen LogP contribution in [0, 0.1) is 0 Å². The normalized spacial score (nSPS) is 20.1. The summed E-state index contributed by atoms with van der Waals surface area (Å²) < 4.78 is 5.32. The van der Waals surface area contributed by atoms with Crippen LogP contribution in [0.25, 0.3) is 0 Å². The number of hydrogen-bond donors (Lipinski definition) is 1. The van der Waals surface area contributed by atoms with Crippen molar-refractivity contribution in [2.45, 2.75) is 32.4 Å². The Morgan fingerprint density at radius 1 is 1.56 bits per heavy atom. The number of nitrogens with zero attached hydrogens (tertiary/aromatic N) is 2. The number of pyridine rings is 1. The molecule has 1 atom stereocenters. The van der Waals surface area contributed by atoms with Crippen molar-refractivity contribution in [3.63, 3.8) is 0 Å². The number of ether oxygens (including phenoxy) is 1. The van der Waals surface area contributed by atoms with Gasteiger partial charge < -0.3 is 10.1 Å². The van der Waals surface area contributed by atoms with Crippen LogP contribution < -0.4 is 10.1 Å². The number of rotatable bonds is 5. The van der Waals surface area contributed by atoms with Crippen molar-refractivity contribution in [3.8, 4) is 5.88 Å². The molecule has 1 fully saturated rings. The summed E-state index contributed by atoms with van der Waals surface area (Å²) in [7, 11) is 1.68. The SMILES string of the molecule is CCN(Cc1cccnc1OC)C1CCCNC1. The van der Waals surface area contributed by atoms with Crippen molar-refractivity contribution in [1.82, 2.24) is 15.2 Å². The molecule has 1 saturated heterocycles. The monoisotopic (exact) mass is 249 g/mol. The molecular formula is C14H23N3O. The lowest BCUT2D eigenvalue weighted by Crippen LogP contribution is -2.45. The average Bonchev–Trinajstić information content (AvgIpc) is 2.46. The molecule has 4 nitrogen and oxygen atoms in total. The van der Waals surface area contributed by atoms with E-state index in [2.05, 4.69) is 28.2 Å². The predicted molar refractivity (Wildman–Crippen MR) is 72.8 cm³/mol. The van der Waals surface area contributed by atoms with Crippen molar-refractivity contribution >= 4 is 0 Å². The van der Waals surface area contributed by atoms with Crippen LogP contribution in [0.5, 0.6) is 5.88 Å². The molecule has 1 aromatic rings. The van der Waals surface area contributed by atoms with Gasteiger partial charge in [-0.3, -0.25) is 4.90 Å². The number of nitrogens with one attached hydrogen (secondary N) is 1. The Bertz CT molecular complexity index is 364. The second kappa shape index (κ2) is 6.71. The van der Waals surface area contributed by atoms with Gasteiger partial charge in [-0.1, -0.05) is 13.0 Å². The molecule has 1 aliphatic rings. The molecule has 0 spiro atoms. The summed E-state index contributed by atoms with van der Waals surface area (Å²) in [5.74, 6) is 0.750. The van der Waals surface area contributed by atoms with E-state index in [4.69, 9.17) is 4.74 Å². The first-order valence-electron chi connectivity index (χ1n) is 6.77. The van der Waals surface area contributed by atoms with Gasteiger partial charge in [0, 0.05) is 30.9 Å². The van der Waals surface area contributed by atoms with Crippen LogP contribution in [-0.2, 0) is 6.54 Å². The van der Waals surface area contributed by atoms with Crippen LogP contribution in [0.4, 0.5) is 0 Å². The van der Waals surface area contributed by atoms with E-state index in [1.54, 1.807) is 13.3 Å². The quantitative estimate of drug-likeness (QED) is 0.861. The van der Waals surface area contributed by atoms with Crippen LogP contribution >= 0.6 is 0 Å². The maximum Gasteiger partial charge on any atom is 0.217 e. The smallest absolute Gasteiger partial charge is 0.217 e. The van der Waals surface area contributed by atoms with E-state index < -0.39 is 0 Å². The second-order valence-electron chi connectivity index (χ2n) is 4.74. The second-order valence-corrected chi connectivity index (χ2v) is 4.74. The highest BCUT2D eigenvalue weighted by Gasteiger charge is 2.20. The highest BCUT2D eigenvalue weighted by molar-refractivity contribution is 5.25. The molecule has 0 amide bonds. The fourth-order valence-electron chi connectivity index (χ4n) is 2.59. The van der Waals surface area contributed by atoms with Crippen LogP contribution in [0.2, 0.25) is 0 Å². The molecule has 2 heterocycles. The fourth-order valence-corrected chi connectivity index (χ4v) is 2.59. The van der Waals surface area contributed by atoms with Crippen molar-refractivity contribution < 1.29 is 4.74 Å². The summed E-state index contributed by atoms with van der Waals surface area (Å²) in [6, 6.07) is 4.71. The first kappa shape index (κ1) is 13.3. The van der Waals surface area contributed by atoms with Gasteiger partial charge in [-0.2, -0.15) is 0 Å². The Morgan fingerprint density at radius 3 is 3.11 bits per heavy atom. The molecule has 0 aliphatic carbocycles. The Morgan fingerprint density at radius 2 is 2.44 bits per heavy atom. The molecule has 0 radical (unpaired) electrons. The Hall–Kier alpha value is -1.13. The molecule has 1 aliphatic heterocycles. The number of methoxy groups -OCH3 is 1. The zero-order chi connectivity index (χ0) is 12.8. The van der Waals surface area contributed by atoms with E-state index in [1.807, 2.05) is 6.07 Å². The molecule has 0 bridgehead atoms.